The van der Waals surface area contributed by atoms with E-state index in [0.29, 0.717) is 23.2 Å². The number of hydrogen-bond donors (Lipinski definition) is 1. The summed E-state index contributed by atoms with van der Waals surface area (Å²) in [5, 5.41) is 9.52. The van der Waals surface area contributed by atoms with Gasteiger partial charge in [0, 0.05) is 13.0 Å². The Bertz CT molecular complexity index is 1400. The lowest BCUT2D eigenvalue weighted by Crippen LogP contribution is -2.07. The molecule has 174 valence electrons. The number of aryl methyl sites for hydroxylation is 3. The third-order valence-corrected chi connectivity index (χ3v) is 6.30. The first kappa shape index (κ1) is 23.4. The summed E-state index contributed by atoms with van der Waals surface area (Å²) in [5.41, 5.74) is 6.25. The molecule has 5 nitrogen and oxygen atoms in total. The number of carboxylic acid groups (broad SMARTS) is 1. The van der Waals surface area contributed by atoms with Crippen LogP contribution in [0.1, 0.15) is 59.1 Å². The van der Waals surface area contributed by atoms with Crippen molar-refractivity contribution in [1.82, 2.24) is 9.55 Å². The van der Waals surface area contributed by atoms with Crippen LogP contribution >= 0.6 is 0 Å². The van der Waals surface area contributed by atoms with Gasteiger partial charge in [-0.15, -0.1) is 0 Å². The van der Waals surface area contributed by atoms with Gasteiger partial charge in [0.25, 0.3) is 0 Å². The summed E-state index contributed by atoms with van der Waals surface area (Å²) in [5.74, 6) is 0.0961. The highest BCUT2D eigenvalue weighted by atomic mass is 16.4. The molecule has 4 rings (SSSR count). The molecule has 0 aliphatic heterocycles. The molecular formula is C29H30N2O3. The Hall–Kier alpha value is -3.73. The van der Waals surface area contributed by atoms with Gasteiger partial charge in [-0.1, -0.05) is 62.2 Å². The van der Waals surface area contributed by atoms with Crippen LogP contribution in [0.5, 0.6) is 0 Å². The second-order valence-electron chi connectivity index (χ2n) is 8.87. The number of carbonyl (C=O) groups is 1. The van der Waals surface area contributed by atoms with Crippen molar-refractivity contribution in [3.63, 3.8) is 0 Å². The van der Waals surface area contributed by atoms with E-state index in [2.05, 4.69) is 11.5 Å². The molecule has 34 heavy (non-hydrogen) atoms. The Balaban J connectivity index is 1.74. The van der Waals surface area contributed by atoms with Crippen LogP contribution in [0.3, 0.4) is 0 Å². The average Bonchev–Trinajstić information content (AvgIpc) is 3.09. The number of nitrogens with zero attached hydrogens (tertiary/aromatic N) is 2. The van der Waals surface area contributed by atoms with Gasteiger partial charge in [0.15, 0.2) is 5.43 Å². The van der Waals surface area contributed by atoms with Crippen LogP contribution < -0.4 is 5.43 Å². The van der Waals surface area contributed by atoms with E-state index in [4.69, 9.17) is 4.98 Å². The largest absolute Gasteiger partial charge is 0.478 e. The summed E-state index contributed by atoms with van der Waals surface area (Å²) >= 11 is 0. The van der Waals surface area contributed by atoms with Gasteiger partial charge in [-0.05, 0) is 66.3 Å². The van der Waals surface area contributed by atoms with Gasteiger partial charge >= 0.3 is 5.97 Å². The maximum Gasteiger partial charge on any atom is 0.336 e. The summed E-state index contributed by atoms with van der Waals surface area (Å²) in [4.78, 5) is 29.0. The molecule has 0 radical (unpaired) electrons. The molecule has 1 N–H and O–H groups in total. The van der Waals surface area contributed by atoms with Crippen molar-refractivity contribution in [2.45, 2.75) is 53.0 Å². The van der Waals surface area contributed by atoms with Crippen molar-refractivity contribution in [2.24, 2.45) is 0 Å². The van der Waals surface area contributed by atoms with E-state index >= 15 is 0 Å². The molecule has 0 atom stereocenters. The number of rotatable bonds is 8. The van der Waals surface area contributed by atoms with E-state index in [1.165, 1.54) is 0 Å². The Labute approximate surface area is 199 Å². The second kappa shape index (κ2) is 10.0. The first-order valence-corrected chi connectivity index (χ1v) is 11.8. The van der Waals surface area contributed by atoms with Crippen molar-refractivity contribution in [3.05, 3.63) is 99.0 Å². The van der Waals surface area contributed by atoms with Crippen molar-refractivity contribution in [1.29, 1.82) is 0 Å². The standard InChI is InChI=1S/C29H30N2O3/c1-4-5-6-11-27-30-25-16-19(2)28(32)20(3)17-26(25)31(27)18-21-12-14-22(15-13-21)23-9-7-8-10-24(23)29(33)34/h7-10,12-17H,4-6,11,18H2,1-3H3,(H,33,34). The molecule has 0 bridgehead atoms. The number of fused-ring (bicyclic) bond motifs is 1. The average molecular weight is 455 g/mol. The van der Waals surface area contributed by atoms with E-state index in [-0.39, 0.29) is 5.43 Å². The number of imidazole rings is 1. The molecule has 4 aromatic rings. The Kier molecular flexibility index (Phi) is 6.92. The van der Waals surface area contributed by atoms with E-state index in [1.54, 1.807) is 12.1 Å². The smallest absolute Gasteiger partial charge is 0.336 e. The van der Waals surface area contributed by atoms with Gasteiger partial charge in [0.1, 0.15) is 5.82 Å². The lowest BCUT2D eigenvalue weighted by atomic mass is 9.99. The van der Waals surface area contributed by atoms with Gasteiger partial charge in [-0.25, -0.2) is 9.78 Å². The summed E-state index contributed by atoms with van der Waals surface area (Å²) < 4.78 is 2.22. The minimum atomic E-state index is -0.933. The highest BCUT2D eigenvalue weighted by Crippen LogP contribution is 2.25. The highest BCUT2D eigenvalue weighted by Gasteiger charge is 2.14. The molecule has 3 aromatic carbocycles. The predicted molar refractivity (Wildman–Crippen MR) is 137 cm³/mol. The van der Waals surface area contributed by atoms with Gasteiger partial charge in [0.05, 0.1) is 16.6 Å². The number of hydrogen-bond acceptors (Lipinski definition) is 3. The molecule has 0 aliphatic carbocycles. The van der Waals surface area contributed by atoms with E-state index in [9.17, 15) is 14.7 Å². The van der Waals surface area contributed by atoms with E-state index < -0.39 is 5.97 Å². The van der Waals surface area contributed by atoms with Crippen molar-refractivity contribution in [3.8, 4) is 11.1 Å². The van der Waals surface area contributed by atoms with Crippen LogP contribution in [0.4, 0.5) is 0 Å². The maximum atomic E-state index is 12.5. The molecule has 5 heteroatoms. The first-order valence-electron chi connectivity index (χ1n) is 11.8. The lowest BCUT2D eigenvalue weighted by Gasteiger charge is -2.11. The Morgan fingerprint density at radius 3 is 2.38 bits per heavy atom. The molecule has 0 fully saturated rings. The van der Waals surface area contributed by atoms with Crippen LogP contribution in [0, 0.1) is 13.8 Å². The zero-order valence-corrected chi connectivity index (χ0v) is 20.0. The minimum Gasteiger partial charge on any atom is -0.478 e. The number of benzene rings is 2. The SMILES string of the molecule is CCCCCc1nc2cc(C)c(=O)c(C)cc2n1Cc1ccc(-c2ccccc2C(=O)O)cc1. The number of aromatic nitrogens is 2. The zero-order valence-electron chi connectivity index (χ0n) is 20.0. The third kappa shape index (κ3) is 4.79. The molecule has 1 heterocycles. The fourth-order valence-electron chi connectivity index (χ4n) is 4.44. The molecule has 0 unspecified atom stereocenters. The van der Waals surface area contributed by atoms with Gasteiger partial charge in [-0.3, -0.25) is 4.79 Å². The van der Waals surface area contributed by atoms with E-state index in [0.717, 1.165) is 59.2 Å². The van der Waals surface area contributed by atoms with Gasteiger partial charge < -0.3 is 9.67 Å². The summed E-state index contributed by atoms with van der Waals surface area (Å²) in [6.45, 7) is 6.53. The summed E-state index contributed by atoms with van der Waals surface area (Å²) in [6, 6.07) is 18.9. The number of unbranched alkanes of at least 4 members (excludes halogenated alkanes) is 2. The molecular weight excluding hydrogens is 424 g/mol. The normalized spacial score (nSPS) is 11.1. The molecule has 0 spiro atoms. The molecule has 0 amide bonds. The second-order valence-corrected chi connectivity index (χ2v) is 8.87. The number of carboxylic acids is 1. The zero-order chi connectivity index (χ0) is 24.2. The van der Waals surface area contributed by atoms with Crippen molar-refractivity contribution >= 4 is 17.0 Å². The summed E-state index contributed by atoms with van der Waals surface area (Å²) in [6.07, 6.45) is 4.25. The molecule has 0 aliphatic rings. The predicted octanol–water partition coefficient (Wildman–Crippen LogP) is 6.16. The Morgan fingerprint density at radius 2 is 1.68 bits per heavy atom. The van der Waals surface area contributed by atoms with Crippen molar-refractivity contribution < 1.29 is 9.90 Å². The summed E-state index contributed by atoms with van der Waals surface area (Å²) in [7, 11) is 0. The maximum absolute atomic E-state index is 12.5. The molecule has 1 aromatic heterocycles. The number of aromatic carboxylic acids is 1. The van der Waals surface area contributed by atoms with Crippen LogP contribution in [0.15, 0.2) is 65.5 Å². The Morgan fingerprint density at radius 1 is 0.971 bits per heavy atom. The van der Waals surface area contributed by atoms with Crippen LogP contribution in [-0.4, -0.2) is 20.6 Å². The first-order chi connectivity index (χ1) is 16.4. The highest BCUT2D eigenvalue weighted by molar-refractivity contribution is 5.96. The lowest BCUT2D eigenvalue weighted by molar-refractivity contribution is 0.0697. The van der Waals surface area contributed by atoms with Gasteiger partial charge in [0.2, 0.25) is 0 Å². The van der Waals surface area contributed by atoms with Crippen LogP contribution in [0.2, 0.25) is 0 Å². The van der Waals surface area contributed by atoms with Crippen LogP contribution in [-0.2, 0) is 13.0 Å². The van der Waals surface area contributed by atoms with E-state index in [1.807, 2.05) is 62.4 Å². The minimum absolute atomic E-state index is 0.0542. The molecule has 0 saturated carbocycles. The van der Waals surface area contributed by atoms with Crippen LogP contribution in [0.25, 0.3) is 22.2 Å². The quantitative estimate of drug-likeness (QED) is 0.324. The monoisotopic (exact) mass is 454 g/mol. The fraction of sp³-hybridized carbons (Fsp3) is 0.276. The fourth-order valence-corrected chi connectivity index (χ4v) is 4.44. The van der Waals surface area contributed by atoms with Gasteiger partial charge in [-0.2, -0.15) is 0 Å². The molecule has 0 saturated heterocycles. The topological polar surface area (TPSA) is 72.2 Å². The van der Waals surface area contributed by atoms with Crippen molar-refractivity contribution in [2.75, 3.05) is 0 Å². The third-order valence-electron chi connectivity index (χ3n) is 6.30.